The van der Waals surface area contributed by atoms with Crippen molar-refractivity contribution in [1.29, 1.82) is 0 Å². The second kappa shape index (κ2) is 4.21. The molecule has 1 aliphatic heterocycles. The zero-order chi connectivity index (χ0) is 9.03. The lowest BCUT2D eigenvalue weighted by atomic mass is 9.97. The van der Waals surface area contributed by atoms with E-state index in [-0.39, 0.29) is 0 Å². The van der Waals surface area contributed by atoms with Gasteiger partial charge in [-0.2, -0.15) is 0 Å². The third-order valence-electron chi connectivity index (χ3n) is 2.67. The van der Waals surface area contributed by atoms with Gasteiger partial charge in [-0.1, -0.05) is 13.8 Å². The van der Waals surface area contributed by atoms with Crippen LogP contribution in [0.25, 0.3) is 0 Å². The Hall–Kier alpha value is -0.120. The van der Waals surface area contributed by atoms with Gasteiger partial charge in [0.15, 0.2) is 0 Å². The molecule has 1 aliphatic rings. The molecule has 3 nitrogen and oxygen atoms in total. The predicted molar refractivity (Wildman–Crippen MR) is 48.1 cm³/mol. The van der Waals surface area contributed by atoms with Crippen molar-refractivity contribution in [2.24, 2.45) is 0 Å². The van der Waals surface area contributed by atoms with Crippen molar-refractivity contribution in [2.75, 3.05) is 19.8 Å². The molecule has 1 saturated heterocycles. The molecule has 0 atom stereocenters. The van der Waals surface area contributed by atoms with Crippen LogP contribution in [0, 0.1) is 0 Å². The first-order valence-corrected chi connectivity index (χ1v) is 4.73. The van der Waals surface area contributed by atoms with Crippen molar-refractivity contribution in [2.45, 2.75) is 38.3 Å². The van der Waals surface area contributed by atoms with Crippen LogP contribution in [-0.2, 0) is 4.74 Å². The minimum absolute atomic E-state index is 0.467. The van der Waals surface area contributed by atoms with E-state index in [4.69, 9.17) is 4.74 Å². The molecule has 72 valence electrons. The third kappa shape index (κ3) is 2.44. The summed E-state index contributed by atoms with van der Waals surface area (Å²) in [6.07, 6.45) is 1.62. The molecule has 0 aliphatic carbocycles. The average Bonchev–Trinajstić information content (AvgIpc) is 2.01. The van der Waals surface area contributed by atoms with Crippen molar-refractivity contribution < 1.29 is 9.84 Å². The molecule has 0 bridgehead atoms. The van der Waals surface area contributed by atoms with Gasteiger partial charge in [-0.05, 0) is 12.8 Å². The van der Waals surface area contributed by atoms with E-state index >= 15 is 0 Å². The summed E-state index contributed by atoms with van der Waals surface area (Å²) in [5.74, 6) is 0. The Balaban J connectivity index is 2.17. The Kier molecular flexibility index (Phi) is 3.50. The highest BCUT2D eigenvalue weighted by atomic mass is 16.5. The molecule has 0 radical (unpaired) electrons. The zero-order valence-electron chi connectivity index (χ0n) is 7.97. The van der Waals surface area contributed by atoms with Crippen LogP contribution in [0.1, 0.15) is 26.7 Å². The van der Waals surface area contributed by atoms with Crippen LogP contribution < -0.4 is 5.32 Å². The minimum atomic E-state index is -0.518. The number of nitrogens with one attached hydrogen (secondary N) is 1. The quantitative estimate of drug-likeness (QED) is 0.637. The molecule has 0 aromatic heterocycles. The van der Waals surface area contributed by atoms with Gasteiger partial charge in [0.1, 0.15) is 0 Å². The first-order valence-electron chi connectivity index (χ1n) is 4.73. The van der Waals surface area contributed by atoms with E-state index in [2.05, 4.69) is 5.32 Å². The molecule has 12 heavy (non-hydrogen) atoms. The van der Waals surface area contributed by atoms with Crippen LogP contribution in [0.15, 0.2) is 0 Å². The second-order valence-electron chi connectivity index (χ2n) is 3.55. The summed E-state index contributed by atoms with van der Waals surface area (Å²) in [4.78, 5) is 0. The largest absolute Gasteiger partial charge is 0.389 e. The van der Waals surface area contributed by atoms with E-state index in [1.165, 1.54) is 0 Å². The van der Waals surface area contributed by atoms with Crippen molar-refractivity contribution in [3.8, 4) is 0 Å². The van der Waals surface area contributed by atoms with Crippen LogP contribution in [0.3, 0.4) is 0 Å². The molecule has 0 aromatic carbocycles. The second-order valence-corrected chi connectivity index (χ2v) is 3.55. The van der Waals surface area contributed by atoms with Crippen molar-refractivity contribution in [3.05, 3.63) is 0 Å². The average molecular weight is 173 g/mol. The maximum Gasteiger partial charge on any atom is 0.0766 e. The Morgan fingerprint density at radius 1 is 1.42 bits per heavy atom. The molecule has 0 amide bonds. The summed E-state index contributed by atoms with van der Waals surface area (Å²) in [6, 6.07) is 0.467. The Morgan fingerprint density at radius 3 is 2.33 bits per heavy atom. The summed E-state index contributed by atoms with van der Waals surface area (Å²) >= 11 is 0. The van der Waals surface area contributed by atoms with Gasteiger partial charge in [-0.15, -0.1) is 0 Å². The van der Waals surface area contributed by atoms with Crippen molar-refractivity contribution in [3.63, 3.8) is 0 Å². The van der Waals surface area contributed by atoms with E-state index in [0.29, 0.717) is 12.6 Å². The Bertz CT molecular complexity index is 130. The molecule has 1 rings (SSSR count). The van der Waals surface area contributed by atoms with Crippen LogP contribution in [0.4, 0.5) is 0 Å². The van der Waals surface area contributed by atoms with Gasteiger partial charge in [-0.3, -0.25) is 0 Å². The number of ether oxygens (including phenoxy) is 1. The summed E-state index contributed by atoms with van der Waals surface area (Å²) in [5.41, 5.74) is -0.518. The first-order chi connectivity index (χ1) is 5.70. The van der Waals surface area contributed by atoms with E-state index in [0.717, 1.165) is 26.1 Å². The SMILES string of the molecule is CCC(O)(CC)CNC1COC1. The highest BCUT2D eigenvalue weighted by molar-refractivity contribution is 4.82. The maximum atomic E-state index is 9.89. The van der Waals surface area contributed by atoms with Gasteiger partial charge in [-0.25, -0.2) is 0 Å². The van der Waals surface area contributed by atoms with Gasteiger partial charge >= 0.3 is 0 Å². The lowest BCUT2D eigenvalue weighted by molar-refractivity contribution is -0.0259. The fourth-order valence-electron chi connectivity index (χ4n) is 1.19. The molecular weight excluding hydrogens is 154 g/mol. The van der Waals surface area contributed by atoms with Crippen LogP contribution in [0.2, 0.25) is 0 Å². The molecule has 1 fully saturated rings. The third-order valence-corrected chi connectivity index (χ3v) is 2.67. The summed E-state index contributed by atoms with van der Waals surface area (Å²) in [6.45, 7) is 6.31. The van der Waals surface area contributed by atoms with Crippen LogP contribution in [-0.4, -0.2) is 36.5 Å². The standard InChI is InChI=1S/C9H19NO2/c1-3-9(11,4-2)7-10-8-5-12-6-8/h8,10-11H,3-7H2,1-2H3. The van der Waals surface area contributed by atoms with Gasteiger partial charge in [0, 0.05) is 6.54 Å². The van der Waals surface area contributed by atoms with Gasteiger partial charge < -0.3 is 15.2 Å². The van der Waals surface area contributed by atoms with Gasteiger partial charge in [0.05, 0.1) is 24.9 Å². The fraction of sp³-hybridized carbons (Fsp3) is 1.00. The normalized spacial score (nSPS) is 19.2. The molecule has 3 heteroatoms. The molecule has 2 N–H and O–H groups in total. The summed E-state index contributed by atoms with van der Waals surface area (Å²) in [7, 11) is 0. The Morgan fingerprint density at radius 2 is 2.00 bits per heavy atom. The van der Waals surface area contributed by atoms with E-state index in [1.54, 1.807) is 0 Å². The zero-order valence-corrected chi connectivity index (χ0v) is 7.97. The highest BCUT2D eigenvalue weighted by Gasteiger charge is 2.25. The number of hydrogen-bond donors (Lipinski definition) is 2. The topological polar surface area (TPSA) is 41.5 Å². The highest BCUT2D eigenvalue weighted by Crippen LogP contribution is 2.13. The Labute approximate surface area is 74.1 Å². The molecule has 0 saturated carbocycles. The smallest absolute Gasteiger partial charge is 0.0766 e. The lowest BCUT2D eigenvalue weighted by Gasteiger charge is -2.32. The number of rotatable bonds is 5. The fourth-order valence-corrected chi connectivity index (χ4v) is 1.19. The minimum Gasteiger partial charge on any atom is -0.389 e. The number of aliphatic hydroxyl groups is 1. The molecule has 0 spiro atoms. The summed E-state index contributed by atoms with van der Waals surface area (Å²) in [5, 5.41) is 13.2. The molecule has 0 aromatic rings. The van der Waals surface area contributed by atoms with Gasteiger partial charge in [0.2, 0.25) is 0 Å². The van der Waals surface area contributed by atoms with Gasteiger partial charge in [0.25, 0.3) is 0 Å². The monoisotopic (exact) mass is 173 g/mol. The van der Waals surface area contributed by atoms with E-state index in [1.807, 2.05) is 13.8 Å². The van der Waals surface area contributed by atoms with Crippen molar-refractivity contribution in [1.82, 2.24) is 5.32 Å². The predicted octanol–water partition coefficient (Wildman–Crippen LogP) is 0.526. The first kappa shape index (κ1) is 9.96. The van der Waals surface area contributed by atoms with Crippen molar-refractivity contribution >= 4 is 0 Å². The molecular formula is C9H19NO2. The molecule has 1 heterocycles. The van der Waals surface area contributed by atoms with Crippen LogP contribution >= 0.6 is 0 Å². The van der Waals surface area contributed by atoms with Crippen LogP contribution in [0.5, 0.6) is 0 Å². The van der Waals surface area contributed by atoms with E-state index in [9.17, 15) is 5.11 Å². The summed E-state index contributed by atoms with van der Waals surface area (Å²) < 4.78 is 5.02. The number of hydrogen-bond acceptors (Lipinski definition) is 3. The lowest BCUT2D eigenvalue weighted by Crippen LogP contribution is -2.51. The van der Waals surface area contributed by atoms with E-state index < -0.39 is 5.60 Å². The maximum absolute atomic E-state index is 9.89. The molecule has 0 unspecified atom stereocenters.